The van der Waals surface area contributed by atoms with Gasteiger partial charge in [0.2, 0.25) is 5.91 Å². The second-order valence-electron chi connectivity index (χ2n) is 4.67. The maximum Gasteiger partial charge on any atom is 0.225 e. The molecule has 13 heavy (non-hydrogen) atoms. The number of nitrogens with zero attached hydrogens (tertiary/aromatic N) is 1. The first-order valence-corrected chi connectivity index (χ1v) is 5.12. The quantitative estimate of drug-likeness (QED) is 0.692. The molecule has 74 valence electrons. The fraction of sp³-hybridized carbons (Fsp3) is 0.900. The van der Waals surface area contributed by atoms with Crippen molar-refractivity contribution in [1.29, 1.82) is 0 Å². The zero-order valence-electron chi connectivity index (χ0n) is 8.25. The van der Waals surface area contributed by atoms with Crippen LogP contribution in [-0.4, -0.2) is 30.9 Å². The number of carbonyl (C=O) groups is 1. The van der Waals surface area contributed by atoms with Crippen LogP contribution in [0.2, 0.25) is 0 Å². The molecule has 0 saturated heterocycles. The summed E-state index contributed by atoms with van der Waals surface area (Å²) < 4.78 is 0. The van der Waals surface area contributed by atoms with Gasteiger partial charge in [0.1, 0.15) is 0 Å². The van der Waals surface area contributed by atoms with Crippen LogP contribution in [0.25, 0.3) is 0 Å². The lowest BCUT2D eigenvalue weighted by Gasteiger charge is -2.22. The summed E-state index contributed by atoms with van der Waals surface area (Å²) in [6.07, 6.45) is 4.59. The molecule has 0 bridgehead atoms. The predicted octanol–water partition coefficient (Wildman–Crippen LogP) is 0.594. The van der Waals surface area contributed by atoms with Crippen molar-refractivity contribution < 1.29 is 4.79 Å². The normalized spacial score (nSPS) is 24.2. The first-order chi connectivity index (χ1) is 6.17. The Morgan fingerprint density at radius 3 is 2.54 bits per heavy atom. The van der Waals surface area contributed by atoms with Crippen molar-refractivity contribution in [3.63, 3.8) is 0 Å². The molecule has 3 heteroatoms. The summed E-state index contributed by atoms with van der Waals surface area (Å²) >= 11 is 0. The maximum absolute atomic E-state index is 11.6. The van der Waals surface area contributed by atoms with Gasteiger partial charge in [-0.2, -0.15) is 0 Å². The van der Waals surface area contributed by atoms with E-state index in [9.17, 15) is 4.79 Å². The van der Waals surface area contributed by atoms with Crippen LogP contribution in [0.15, 0.2) is 0 Å². The van der Waals surface area contributed by atoms with E-state index in [4.69, 9.17) is 5.73 Å². The van der Waals surface area contributed by atoms with E-state index < -0.39 is 0 Å². The molecule has 2 fully saturated rings. The number of hydrogen-bond acceptors (Lipinski definition) is 2. The Balaban J connectivity index is 1.83. The molecule has 0 aromatic heterocycles. The number of rotatable bonds is 4. The maximum atomic E-state index is 11.6. The average Bonchev–Trinajstić information content (AvgIpc) is 2.99. The fourth-order valence-electron chi connectivity index (χ4n) is 1.83. The van der Waals surface area contributed by atoms with Gasteiger partial charge in [-0.15, -0.1) is 0 Å². The summed E-state index contributed by atoms with van der Waals surface area (Å²) in [7, 11) is 1.91. The number of amides is 1. The van der Waals surface area contributed by atoms with Crippen molar-refractivity contribution in [1.82, 2.24) is 4.90 Å². The summed E-state index contributed by atoms with van der Waals surface area (Å²) in [4.78, 5) is 13.5. The molecule has 0 heterocycles. The second-order valence-corrected chi connectivity index (χ2v) is 4.67. The molecule has 2 aliphatic carbocycles. The lowest BCUT2D eigenvalue weighted by Crippen LogP contribution is -2.36. The lowest BCUT2D eigenvalue weighted by molar-refractivity contribution is -0.131. The number of nitrogens with two attached hydrogens (primary N) is 1. The van der Waals surface area contributed by atoms with Crippen LogP contribution in [0, 0.1) is 11.3 Å². The molecule has 2 saturated carbocycles. The standard InChI is InChI=1S/C10H18N2O/c1-12(9(13)8-2-3-8)7-10(6-11)4-5-10/h8H,2-7,11H2,1H3. The molecule has 0 aliphatic heterocycles. The molecule has 1 amide bonds. The molecule has 0 aromatic carbocycles. The molecule has 2 aliphatic rings. The molecule has 3 nitrogen and oxygen atoms in total. The van der Waals surface area contributed by atoms with E-state index in [2.05, 4.69) is 0 Å². The van der Waals surface area contributed by atoms with Crippen LogP contribution in [0.4, 0.5) is 0 Å². The van der Waals surface area contributed by atoms with E-state index in [-0.39, 0.29) is 0 Å². The molecule has 0 spiro atoms. The van der Waals surface area contributed by atoms with Crippen molar-refractivity contribution in [2.45, 2.75) is 25.7 Å². The Labute approximate surface area is 79.3 Å². The zero-order chi connectivity index (χ0) is 9.47. The minimum atomic E-state index is 0.291. The Bertz CT molecular complexity index is 219. The van der Waals surface area contributed by atoms with Crippen molar-refractivity contribution >= 4 is 5.91 Å². The van der Waals surface area contributed by atoms with Crippen molar-refractivity contribution in [2.75, 3.05) is 20.1 Å². The summed E-state index contributed by atoms with van der Waals surface area (Å²) in [5, 5.41) is 0. The Hall–Kier alpha value is -0.570. The van der Waals surface area contributed by atoms with Gasteiger partial charge in [0.25, 0.3) is 0 Å². The van der Waals surface area contributed by atoms with E-state index in [1.807, 2.05) is 11.9 Å². The molecular weight excluding hydrogens is 164 g/mol. The highest BCUT2D eigenvalue weighted by atomic mass is 16.2. The third kappa shape index (κ3) is 1.85. The zero-order valence-corrected chi connectivity index (χ0v) is 8.25. The van der Waals surface area contributed by atoms with Gasteiger partial charge in [-0.3, -0.25) is 4.79 Å². The van der Waals surface area contributed by atoms with Crippen LogP contribution in [0.3, 0.4) is 0 Å². The highest BCUT2D eigenvalue weighted by Crippen LogP contribution is 2.45. The van der Waals surface area contributed by atoms with Gasteiger partial charge in [-0.25, -0.2) is 0 Å². The first-order valence-electron chi connectivity index (χ1n) is 5.12. The van der Waals surface area contributed by atoms with Gasteiger partial charge in [0.15, 0.2) is 0 Å². The third-order valence-electron chi connectivity index (χ3n) is 3.27. The smallest absolute Gasteiger partial charge is 0.225 e. The van der Waals surface area contributed by atoms with Gasteiger partial charge in [-0.1, -0.05) is 0 Å². The lowest BCUT2D eigenvalue weighted by atomic mass is 10.1. The fourth-order valence-corrected chi connectivity index (χ4v) is 1.83. The van der Waals surface area contributed by atoms with Crippen molar-refractivity contribution in [3.8, 4) is 0 Å². The van der Waals surface area contributed by atoms with Crippen LogP contribution < -0.4 is 5.73 Å². The summed E-state index contributed by atoms with van der Waals surface area (Å²) in [5.41, 5.74) is 5.96. The summed E-state index contributed by atoms with van der Waals surface area (Å²) in [6.45, 7) is 1.61. The summed E-state index contributed by atoms with van der Waals surface area (Å²) in [5.74, 6) is 0.679. The number of hydrogen-bond donors (Lipinski definition) is 1. The average molecular weight is 182 g/mol. The van der Waals surface area contributed by atoms with Crippen molar-refractivity contribution in [3.05, 3.63) is 0 Å². The van der Waals surface area contributed by atoms with Gasteiger partial charge < -0.3 is 10.6 Å². The van der Waals surface area contributed by atoms with Crippen LogP contribution >= 0.6 is 0 Å². The van der Waals surface area contributed by atoms with E-state index in [0.717, 1.165) is 25.9 Å². The van der Waals surface area contributed by atoms with Gasteiger partial charge in [0, 0.05) is 24.9 Å². The molecular formula is C10H18N2O. The molecule has 0 radical (unpaired) electrons. The van der Waals surface area contributed by atoms with Gasteiger partial charge in [0.05, 0.1) is 0 Å². The minimum absolute atomic E-state index is 0.291. The highest BCUT2D eigenvalue weighted by Gasteiger charge is 2.44. The second kappa shape index (κ2) is 2.98. The van der Waals surface area contributed by atoms with E-state index >= 15 is 0 Å². The number of carbonyl (C=O) groups excluding carboxylic acids is 1. The molecule has 2 N–H and O–H groups in total. The SMILES string of the molecule is CN(CC1(CN)CC1)C(=O)C1CC1. The molecule has 0 aromatic rings. The Kier molecular flexibility index (Phi) is 2.06. The third-order valence-corrected chi connectivity index (χ3v) is 3.27. The summed E-state index contributed by atoms with van der Waals surface area (Å²) in [6, 6.07) is 0. The predicted molar refractivity (Wildman–Crippen MR) is 51.1 cm³/mol. The Morgan fingerprint density at radius 1 is 1.54 bits per heavy atom. The largest absolute Gasteiger partial charge is 0.345 e. The molecule has 0 unspecified atom stereocenters. The molecule has 0 atom stereocenters. The van der Waals surface area contributed by atoms with E-state index in [0.29, 0.717) is 17.2 Å². The minimum Gasteiger partial charge on any atom is -0.345 e. The van der Waals surface area contributed by atoms with E-state index in [1.165, 1.54) is 12.8 Å². The highest BCUT2D eigenvalue weighted by molar-refractivity contribution is 5.80. The van der Waals surface area contributed by atoms with Crippen LogP contribution in [0.5, 0.6) is 0 Å². The first kappa shape index (κ1) is 9.00. The van der Waals surface area contributed by atoms with Crippen molar-refractivity contribution in [2.24, 2.45) is 17.1 Å². The van der Waals surface area contributed by atoms with Crippen LogP contribution in [-0.2, 0) is 4.79 Å². The van der Waals surface area contributed by atoms with Gasteiger partial charge in [-0.05, 0) is 32.2 Å². The Morgan fingerprint density at radius 2 is 2.15 bits per heavy atom. The van der Waals surface area contributed by atoms with Gasteiger partial charge >= 0.3 is 0 Å². The van der Waals surface area contributed by atoms with Crippen LogP contribution in [0.1, 0.15) is 25.7 Å². The topological polar surface area (TPSA) is 46.3 Å². The monoisotopic (exact) mass is 182 g/mol. The molecule has 2 rings (SSSR count). The van der Waals surface area contributed by atoms with E-state index in [1.54, 1.807) is 0 Å².